The van der Waals surface area contributed by atoms with Crippen LogP contribution < -0.4 is 14.8 Å². The van der Waals surface area contributed by atoms with E-state index in [0.29, 0.717) is 43.3 Å². The molecule has 1 aliphatic rings. The molecule has 0 atom stereocenters. The van der Waals surface area contributed by atoms with Crippen LogP contribution in [0.3, 0.4) is 0 Å². The first-order chi connectivity index (χ1) is 13.5. The summed E-state index contributed by atoms with van der Waals surface area (Å²) in [5.41, 5.74) is 6.81. The molecule has 1 fully saturated rings. The van der Waals surface area contributed by atoms with Gasteiger partial charge in [0.2, 0.25) is 0 Å². The summed E-state index contributed by atoms with van der Waals surface area (Å²) >= 11 is 0. The van der Waals surface area contributed by atoms with E-state index in [-0.39, 0.29) is 0 Å². The quantitative estimate of drug-likeness (QED) is 0.678. The summed E-state index contributed by atoms with van der Waals surface area (Å²) in [7, 11) is -3.51. The van der Waals surface area contributed by atoms with Gasteiger partial charge in [-0.3, -0.25) is 4.31 Å². The number of unbranched alkanes of at least 4 members (excludes halogenated alkanes) is 2. The summed E-state index contributed by atoms with van der Waals surface area (Å²) in [6, 6.07) is 12.3. The molecule has 9 heteroatoms. The number of nitrogens with two attached hydrogens (primary N) is 1. The molecule has 1 saturated heterocycles. The van der Waals surface area contributed by atoms with Crippen LogP contribution >= 0.6 is 0 Å². The lowest BCUT2D eigenvalue weighted by molar-refractivity contribution is 0.302. The zero-order valence-electron chi connectivity index (χ0n) is 15.5. The molecule has 2 aromatic rings. The van der Waals surface area contributed by atoms with Crippen molar-refractivity contribution in [2.75, 3.05) is 36.3 Å². The number of benzene rings is 1. The lowest BCUT2D eigenvalue weighted by Gasteiger charge is -2.20. The molecule has 2 heterocycles. The highest BCUT2D eigenvalue weighted by Gasteiger charge is 2.36. The van der Waals surface area contributed by atoms with Crippen LogP contribution in [-0.2, 0) is 10.2 Å². The Labute approximate surface area is 165 Å². The normalized spacial score (nSPS) is 16.0. The molecule has 1 aromatic heterocycles. The summed E-state index contributed by atoms with van der Waals surface area (Å²) in [6.45, 7) is 1.91. The van der Waals surface area contributed by atoms with Crippen LogP contribution in [0.2, 0.25) is 0 Å². The van der Waals surface area contributed by atoms with Gasteiger partial charge in [0.25, 0.3) is 0 Å². The summed E-state index contributed by atoms with van der Waals surface area (Å²) < 4.78 is 33.9. The molecule has 8 nitrogen and oxygen atoms in total. The van der Waals surface area contributed by atoms with Gasteiger partial charge in [0.1, 0.15) is 11.6 Å². The Kier molecular flexibility index (Phi) is 6.34. The molecule has 1 aromatic carbocycles. The van der Waals surface area contributed by atoms with Gasteiger partial charge in [-0.15, -0.1) is 0 Å². The zero-order chi connectivity index (χ0) is 20.0. The van der Waals surface area contributed by atoms with Crippen LogP contribution in [-0.4, -0.2) is 43.9 Å². The minimum atomic E-state index is -3.51. The molecule has 0 radical (unpaired) electrons. The number of aromatic nitrogens is 1. The first kappa shape index (κ1) is 19.9. The molecule has 0 aliphatic carbocycles. The third-order valence-electron chi connectivity index (χ3n) is 4.51. The van der Waals surface area contributed by atoms with Gasteiger partial charge in [-0.1, -0.05) is 0 Å². The van der Waals surface area contributed by atoms with Crippen molar-refractivity contribution in [3.8, 4) is 11.8 Å². The van der Waals surface area contributed by atoms with Gasteiger partial charge in [0.15, 0.2) is 0 Å². The van der Waals surface area contributed by atoms with Gasteiger partial charge >= 0.3 is 10.2 Å². The molecular formula is C19H23N5O3S. The number of hydrogen-bond donors (Lipinski definition) is 1. The summed E-state index contributed by atoms with van der Waals surface area (Å²) in [6.07, 6.45) is 3.97. The molecule has 28 heavy (non-hydrogen) atoms. The number of rotatable bonds is 8. The lowest BCUT2D eigenvalue weighted by Crippen LogP contribution is -2.33. The van der Waals surface area contributed by atoms with E-state index in [4.69, 9.17) is 15.7 Å². The van der Waals surface area contributed by atoms with E-state index in [1.165, 1.54) is 14.8 Å². The van der Waals surface area contributed by atoms with Crippen molar-refractivity contribution in [3.63, 3.8) is 0 Å². The first-order valence-electron chi connectivity index (χ1n) is 9.13. The van der Waals surface area contributed by atoms with Crippen LogP contribution in [0.25, 0.3) is 0 Å². The van der Waals surface area contributed by atoms with Gasteiger partial charge in [-0.05, 0) is 49.6 Å². The van der Waals surface area contributed by atoms with Gasteiger partial charge in [-0.2, -0.15) is 18.0 Å². The highest BCUT2D eigenvalue weighted by Crippen LogP contribution is 2.26. The summed E-state index contributed by atoms with van der Waals surface area (Å²) in [4.78, 5) is 3.90. The molecule has 0 amide bonds. The van der Waals surface area contributed by atoms with E-state index in [2.05, 4.69) is 11.1 Å². The van der Waals surface area contributed by atoms with Crippen molar-refractivity contribution in [1.82, 2.24) is 9.29 Å². The van der Waals surface area contributed by atoms with Crippen LogP contribution in [0.1, 0.15) is 24.8 Å². The van der Waals surface area contributed by atoms with E-state index < -0.39 is 10.2 Å². The topological polar surface area (TPSA) is 113 Å². The molecule has 2 N–H and O–H groups in total. The maximum atomic E-state index is 12.7. The second-order valence-electron chi connectivity index (χ2n) is 6.46. The predicted octanol–water partition coefficient (Wildman–Crippen LogP) is 2.15. The Hall–Kier alpha value is -2.83. The molecule has 0 unspecified atom stereocenters. The Morgan fingerprint density at radius 1 is 1.14 bits per heavy atom. The van der Waals surface area contributed by atoms with E-state index in [1.807, 2.05) is 0 Å². The van der Waals surface area contributed by atoms with Crippen molar-refractivity contribution in [3.05, 3.63) is 48.2 Å². The Bertz CT molecular complexity index is 941. The van der Waals surface area contributed by atoms with Gasteiger partial charge in [0.05, 0.1) is 23.9 Å². The van der Waals surface area contributed by atoms with Crippen LogP contribution in [0.4, 0.5) is 11.5 Å². The summed E-state index contributed by atoms with van der Waals surface area (Å²) in [5.74, 6) is 1.03. The molecule has 148 valence electrons. The Balaban J connectivity index is 1.41. The van der Waals surface area contributed by atoms with Gasteiger partial charge in [-0.25, -0.2) is 4.98 Å². The molecule has 1 aliphatic heterocycles. The number of pyridine rings is 1. The van der Waals surface area contributed by atoms with Crippen molar-refractivity contribution < 1.29 is 13.2 Å². The van der Waals surface area contributed by atoms with Crippen molar-refractivity contribution in [1.29, 1.82) is 5.26 Å². The maximum Gasteiger partial charge on any atom is 0.304 e. The monoisotopic (exact) mass is 401 g/mol. The van der Waals surface area contributed by atoms with Crippen molar-refractivity contribution in [2.24, 2.45) is 0 Å². The highest BCUT2D eigenvalue weighted by atomic mass is 32.2. The molecule has 3 rings (SSSR count). The van der Waals surface area contributed by atoms with Crippen LogP contribution in [0.15, 0.2) is 42.6 Å². The van der Waals surface area contributed by atoms with Gasteiger partial charge < -0.3 is 10.5 Å². The second kappa shape index (κ2) is 8.91. The van der Waals surface area contributed by atoms with Crippen molar-refractivity contribution >= 4 is 21.7 Å². The molecule has 0 spiro atoms. The number of anilines is 2. The Morgan fingerprint density at radius 2 is 1.93 bits per heavy atom. The molecule has 0 saturated carbocycles. The number of ether oxygens (including phenoxy) is 1. The lowest BCUT2D eigenvalue weighted by atomic mass is 10.2. The number of nitrogen functional groups attached to an aromatic ring is 1. The fourth-order valence-electron chi connectivity index (χ4n) is 3.04. The average Bonchev–Trinajstić information content (AvgIpc) is 2.99. The third-order valence-corrected chi connectivity index (χ3v) is 6.48. The second-order valence-corrected chi connectivity index (χ2v) is 8.32. The van der Waals surface area contributed by atoms with E-state index >= 15 is 0 Å². The standard InChI is InChI=1S/C19H23N5O3S/c20-15-16-4-6-18(7-5-16)27-13-3-1-2-10-23-11-12-24(28(23,25)26)17-8-9-22-19(21)14-17/h4-9,14H,1-3,10-13H2,(H2,21,22). The number of nitriles is 1. The first-order valence-corrected chi connectivity index (χ1v) is 10.5. The Morgan fingerprint density at radius 3 is 2.64 bits per heavy atom. The number of hydrogen-bond acceptors (Lipinski definition) is 6. The predicted molar refractivity (Wildman–Crippen MR) is 107 cm³/mol. The fraction of sp³-hybridized carbons (Fsp3) is 0.368. The van der Waals surface area contributed by atoms with E-state index in [1.54, 1.807) is 36.4 Å². The van der Waals surface area contributed by atoms with Crippen LogP contribution in [0.5, 0.6) is 5.75 Å². The average molecular weight is 401 g/mol. The molecular weight excluding hydrogens is 378 g/mol. The van der Waals surface area contributed by atoms with E-state index in [9.17, 15) is 8.42 Å². The van der Waals surface area contributed by atoms with Crippen LogP contribution in [0, 0.1) is 11.3 Å². The highest BCUT2D eigenvalue weighted by molar-refractivity contribution is 7.90. The maximum absolute atomic E-state index is 12.7. The number of nitrogens with zero attached hydrogens (tertiary/aromatic N) is 4. The van der Waals surface area contributed by atoms with E-state index in [0.717, 1.165) is 25.0 Å². The SMILES string of the molecule is N#Cc1ccc(OCCCCCN2CCN(c3ccnc(N)c3)S2(=O)=O)cc1. The fourth-order valence-corrected chi connectivity index (χ4v) is 4.68. The molecule has 0 bridgehead atoms. The largest absolute Gasteiger partial charge is 0.494 e. The zero-order valence-corrected chi connectivity index (χ0v) is 16.3. The third kappa shape index (κ3) is 4.71. The minimum absolute atomic E-state index is 0.299. The van der Waals surface area contributed by atoms with Crippen molar-refractivity contribution in [2.45, 2.75) is 19.3 Å². The summed E-state index contributed by atoms with van der Waals surface area (Å²) in [5, 5.41) is 8.77. The minimum Gasteiger partial charge on any atom is -0.494 e. The smallest absolute Gasteiger partial charge is 0.304 e. The van der Waals surface area contributed by atoms with Gasteiger partial charge in [0, 0.05) is 31.9 Å².